The summed E-state index contributed by atoms with van der Waals surface area (Å²) in [4.78, 5) is 28.9. The molecule has 1 aromatic heterocycles. The standard InChI is InChI=1S/C23H19NO5/c1-27-21-10-8-16(15-22(21)28-2)7-9-19(25)18-5-3-4-6-20(18)29-23(26)17-11-13-24-14-12-17/h3-15H,1-2H3/b9-7+. The van der Waals surface area contributed by atoms with Crippen LogP contribution in [-0.2, 0) is 0 Å². The molecule has 0 amide bonds. The molecule has 0 bridgehead atoms. The fourth-order valence-corrected chi connectivity index (χ4v) is 2.62. The molecule has 0 aliphatic carbocycles. The van der Waals surface area contributed by atoms with Crippen LogP contribution in [0.4, 0.5) is 0 Å². The summed E-state index contributed by atoms with van der Waals surface area (Å²) in [6.07, 6.45) is 6.07. The van der Waals surface area contributed by atoms with Crippen molar-refractivity contribution in [2.45, 2.75) is 0 Å². The first-order chi connectivity index (χ1) is 14.1. The third-order valence-electron chi connectivity index (χ3n) is 4.11. The molecule has 0 unspecified atom stereocenters. The fraction of sp³-hybridized carbons (Fsp3) is 0.0870. The van der Waals surface area contributed by atoms with E-state index in [1.165, 1.54) is 18.5 Å². The van der Waals surface area contributed by atoms with Crippen molar-refractivity contribution in [3.05, 3.63) is 89.8 Å². The number of aromatic nitrogens is 1. The van der Waals surface area contributed by atoms with Gasteiger partial charge in [-0.2, -0.15) is 0 Å². The Morgan fingerprint density at radius 2 is 1.59 bits per heavy atom. The van der Waals surface area contributed by atoms with Gasteiger partial charge in [0.15, 0.2) is 17.3 Å². The predicted octanol–water partition coefficient (Wildman–Crippen LogP) is 4.21. The normalized spacial score (nSPS) is 10.6. The topological polar surface area (TPSA) is 74.7 Å². The van der Waals surface area contributed by atoms with E-state index in [2.05, 4.69) is 4.98 Å². The first-order valence-electron chi connectivity index (χ1n) is 8.78. The first-order valence-corrected chi connectivity index (χ1v) is 8.78. The number of hydrogen-bond donors (Lipinski definition) is 0. The third kappa shape index (κ3) is 4.87. The Balaban J connectivity index is 1.80. The van der Waals surface area contributed by atoms with Gasteiger partial charge in [0, 0.05) is 12.4 Å². The van der Waals surface area contributed by atoms with E-state index in [1.807, 2.05) is 0 Å². The van der Waals surface area contributed by atoms with Gasteiger partial charge in [0.2, 0.25) is 0 Å². The lowest BCUT2D eigenvalue weighted by Gasteiger charge is -2.08. The summed E-state index contributed by atoms with van der Waals surface area (Å²) < 4.78 is 15.9. The van der Waals surface area contributed by atoms with Gasteiger partial charge in [-0.05, 0) is 48.0 Å². The minimum Gasteiger partial charge on any atom is -0.493 e. The van der Waals surface area contributed by atoms with Gasteiger partial charge < -0.3 is 14.2 Å². The van der Waals surface area contributed by atoms with Crippen LogP contribution in [-0.4, -0.2) is 31.0 Å². The van der Waals surface area contributed by atoms with Gasteiger partial charge >= 0.3 is 5.97 Å². The molecule has 6 heteroatoms. The largest absolute Gasteiger partial charge is 0.493 e. The molecule has 0 radical (unpaired) electrons. The van der Waals surface area contributed by atoms with Crippen LogP contribution in [0, 0.1) is 0 Å². The van der Waals surface area contributed by atoms with Crippen LogP contribution < -0.4 is 14.2 Å². The molecule has 0 atom stereocenters. The van der Waals surface area contributed by atoms with Crippen LogP contribution in [0.1, 0.15) is 26.3 Å². The highest BCUT2D eigenvalue weighted by Crippen LogP contribution is 2.28. The number of benzene rings is 2. The van der Waals surface area contributed by atoms with E-state index in [0.29, 0.717) is 17.1 Å². The highest BCUT2D eigenvalue weighted by atomic mass is 16.5. The number of esters is 1. The van der Waals surface area contributed by atoms with Crippen LogP contribution >= 0.6 is 0 Å². The molecule has 0 aliphatic heterocycles. The number of allylic oxidation sites excluding steroid dienone is 1. The van der Waals surface area contributed by atoms with Crippen LogP contribution in [0.15, 0.2) is 73.1 Å². The maximum absolute atomic E-state index is 12.7. The molecule has 0 fully saturated rings. The van der Waals surface area contributed by atoms with E-state index in [-0.39, 0.29) is 17.1 Å². The van der Waals surface area contributed by atoms with Gasteiger partial charge in [0.1, 0.15) is 5.75 Å². The van der Waals surface area contributed by atoms with E-state index in [4.69, 9.17) is 14.2 Å². The Labute approximate surface area is 168 Å². The van der Waals surface area contributed by atoms with Crippen molar-refractivity contribution in [2.75, 3.05) is 14.2 Å². The van der Waals surface area contributed by atoms with Crippen molar-refractivity contribution >= 4 is 17.8 Å². The number of carbonyl (C=O) groups excluding carboxylic acids is 2. The number of para-hydroxylation sites is 1. The van der Waals surface area contributed by atoms with Gasteiger partial charge in [0.25, 0.3) is 0 Å². The van der Waals surface area contributed by atoms with Crippen LogP contribution in [0.25, 0.3) is 6.08 Å². The van der Waals surface area contributed by atoms with Crippen LogP contribution in [0.2, 0.25) is 0 Å². The predicted molar refractivity (Wildman–Crippen MR) is 109 cm³/mol. The van der Waals surface area contributed by atoms with E-state index in [1.54, 1.807) is 74.9 Å². The Morgan fingerprint density at radius 3 is 2.31 bits per heavy atom. The Bertz CT molecular complexity index is 1040. The summed E-state index contributed by atoms with van der Waals surface area (Å²) in [7, 11) is 3.10. The van der Waals surface area contributed by atoms with Crippen molar-refractivity contribution in [3.8, 4) is 17.2 Å². The van der Waals surface area contributed by atoms with Gasteiger partial charge in [-0.3, -0.25) is 9.78 Å². The molecule has 0 saturated heterocycles. The molecule has 3 rings (SSSR count). The van der Waals surface area contributed by atoms with Crippen molar-refractivity contribution in [3.63, 3.8) is 0 Å². The summed E-state index contributed by atoms with van der Waals surface area (Å²) in [5.74, 6) is 0.504. The molecule has 2 aromatic carbocycles. The monoisotopic (exact) mass is 389 g/mol. The third-order valence-corrected chi connectivity index (χ3v) is 4.11. The highest BCUT2D eigenvalue weighted by molar-refractivity contribution is 6.09. The number of ketones is 1. The second-order valence-electron chi connectivity index (χ2n) is 5.93. The Morgan fingerprint density at radius 1 is 0.862 bits per heavy atom. The van der Waals surface area contributed by atoms with E-state index in [0.717, 1.165) is 5.56 Å². The van der Waals surface area contributed by atoms with Crippen molar-refractivity contribution in [1.82, 2.24) is 4.98 Å². The molecule has 146 valence electrons. The molecule has 29 heavy (non-hydrogen) atoms. The Kier molecular flexibility index (Phi) is 6.37. The molecular weight excluding hydrogens is 370 g/mol. The summed E-state index contributed by atoms with van der Waals surface area (Å²) in [5.41, 5.74) is 1.40. The zero-order valence-corrected chi connectivity index (χ0v) is 16.0. The number of hydrogen-bond acceptors (Lipinski definition) is 6. The minimum atomic E-state index is -0.559. The van der Waals surface area contributed by atoms with Gasteiger partial charge in [-0.1, -0.05) is 24.3 Å². The maximum Gasteiger partial charge on any atom is 0.343 e. The SMILES string of the molecule is COc1ccc(/C=C/C(=O)c2ccccc2OC(=O)c2ccncc2)cc1OC. The Hall–Kier alpha value is -3.93. The van der Waals surface area contributed by atoms with Crippen LogP contribution in [0.5, 0.6) is 17.2 Å². The fourth-order valence-electron chi connectivity index (χ4n) is 2.62. The quantitative estimate of drug-likeness (QED) is 0.261. The van der Waals surface area contributed by atoms with Crippen molar-refractivity contribution in [2.24, 2.45) is 0 Å². The highest BCUT2D eigenvalue weighted by Gasteiger charge is 2.14. The summed E-state index contributed by atoms with van der Waals surface area (Å²) in [5, 5.41) is 0. The van der Waals surface area contributed by atoms with Gasteiger partial charge in [-0.15, -0.1) is 0 Å². The molecule has 3 aromatic rings. The summed E-state index contributed by atoms with van der Waals surface area (Å²) in [6.45, 7) is 0. The first kappa shape index (κ1) is 19.8. The molecule has 6 nitrogen and oxygen atoms in total. The van der Waals surface area contributed by atoms with Crippen molar-refractivity contribution < 1.29 is 23.8 Å². The number of nitrogens with zero attached hydrogens (tertiary/aromatic N) is 1. The van der Waals surface area contributed by atoms with E-state index >= 15 is 0 Å². The molecule has 0 spiro atoms. The van der Waals surface area contributed by atoms with E-state index in [9.17, 15) is 9.59 Å². The van der Waals surface area contributed by atoms with Crippen molar-refractivity contribution in [1.29, 1.82) is 0 Å². The molecule has 0 saturated carbocycles. The number of carbonyl (C=O) groups is 2. The lowest BCUT2D eigenvalue weighted by molar-refractivity contribution is 0.0733. The average molecular weight is 389 g/mol. The summed E-state index contributed by atoms with van der Waals surface area (Å²) in [6, 6.07) is 15.0. The second kappa shape index (κ2) is 9.32. The van der Waals surface area contributed by atoms with Gasteiger partial charge in [-0.25, -0.2) is 4.79 Å². The average Bonchev–Trinajstić information content (AvgIpc) is 2.78. The zero-order chi connectivity index (χ0) is 20.6. The second-order valence-corrected chi connectivity index (χ2v) is 5.93. The van der Waals surface area contributed by atoms with Gasteiger partial charge in [0.05, 0.1) is 25.3 Å². The zero-order valence-electron chi connectivity index (χ0n) is 16.0. The van der Waals surface area contributed by atoms with Crippen LogP contribution in [0.3, 0.4) is 0 Å². The number of pyridine rings is 1. The molecular formula is C23H19NO5. The number of rotatable bonds is 7. The minimum absolute atomic E-state index is 0.191. The lowest BCUT2D eigenvalue weighted by Crippen LogP contribution is -2.11. The summed E-state index contributed by atoms with van der Waals surface area (Å²) >= 11 is 0. The van der Waals surface area contributed by atoms with E-state index < -0.39 is 5.97 Å². The molecule has 0 N–H and O–H groups in total. The smallest absolute Gasteiger partial charge is 0.343 e. The lowest BCUT2D eigenvalue weighted by atomic mass is 10.1. The molecule has 1 heterocycles. The maximum atomic E-state index is 12.7. The molecule has 0 aliphatic rings. The number of ether oxygens (including phenoxy) is 3. The number of methoxy groups -OCH3 is 2.